The van der Waals surface area contributed by atoms with E-state index in [1.165, 1.54) is 0 Å². The number of nitrogens with one attached hydrogen (secondary N) is 2. The van der Waals surface area contributed by atoms with Gasteiger partial charge in [-0.15, -0.1) is 0 Å². The van der Waals surface area contributed by atoms with E-state index in [2.05, 4.69) is 22.5 Å². The van der Waals surface area contributed by atoms with Gasteiger partial charge in [-0.05, 0) is 32.7 Å². The summed E-state index contributed by atoms with van der Waals surface area (Å²) in [6.45, 7) is 6.22. The Balaban J connectivity index is 3.13. The number of ether oxygens (including phenoxy) is 1. The summed E-state index contributed by atoms with van der Waals surface area (Å²) in [7, 11) is 4.07. The summed E-state index contributed by atoms with van der Waals surface area (Å²) in [6.07, 6.45) is 1.08. The molecular weight excluding hydrogens is 210 g/mol. The summed E-state index contributed by atoms with van der Waals surface area (Å²) in [6, 6.07) is 0. The highest BCUT2D eigenvalue weighted by Gasteiger charge is 1.94. The lowest BCUT2D eigenvalue weighted by Gasteiger charge is -2.11. The lowest BCUT2D eigenvalue weighted by atomic mass is 10.5. The molecule has 2 N–H and O–H groups in total. The second-order valence-electron chi connectivity index (χ2n) is 3.60. The van der Waals surface area contributed by atoms with Crippen molar-refractivity contribution in [1.82, 2.24) is 15.5 Å². The lowest BCUT2D eigenvalue weighted by molar-refractivity contribution is 0.122. The van der Waals surface area contributed by atoms with Crippen LogP contribution in [0.3, 0.4) is 0 Å². The molecule has 0 aromatic heterocycles. The maximum absolute atomic E-state index is 5.41. The van der Waals surface area contributed by atoms with E-state index in [0.717, 1.165) is 32.7 Å². The van der Waals surface area contributed by atoms with E-state index < -0.39 is 0 Å². The minimum atomic E-state index is 0.696. The molecule has 90 valence electrons. The van der Waals surface area contributed by atoms with Gasteiger partial charge in [-0.3, -0.25) is 0 Å². The van der Waals surface area contributed by atoms with Crippen LogP contribution < -0.4 is 10.6 Å². The molecule has 15 heavy (non-hydrogen) atoms. The molecule has 0 rings (SSSR count). The molecule has 0 radical (unpaired) electrons. The van der Waals surface area contributed by atoms with Crippen molar-refractivity contribution in [2.24, 2.45) is 0 Å². The Hall–Kier alpha value is -0.390. The first-order chi connectivity index (χ1) is 7.16. The van der Waals surface area contributed by atoms with Gasteiger partial charge in [0.15, 0.2) is 5.11 Å². The van der Waals surface area contributed by atoms with Crippen LogP contribution in [0.1, 0.15) is 13.3 Å². The van der Waals surface area contributed by atoms with Gasteiger partial charge in [0.1, 0.15) is 0 Å². The second kappa shape index (κ2) is 10.1. The van der Waals surface area contributed by atoms with Crippen molar-refractivity contribution in [2.75, 3.05) is 46.9 Å². The summed E-state index contributed by atoms with van der Waals surface area (Å²) in [4.78, 5) is 2.10. The van der Waals surface area contributed by atoms with Gasteiger partial charge in [0.05, 0.1) is 13.2 Å². The van der Waals surface area contributed by atoms with E-state index >= 15 is 0 Å². The molecule has 5 heteroatoms. The van der Waals surface area contributed by atoms with Crippen molar-refractivity contribution in [2.45, 2.75) is 13.3 Å². The zero-order chi connectivity index (χ0) is 11.5. The quantitative estimate of drug-likeness (QED) is 0.470. The first-order valence-electron chi connectivity index (χ1n) is 5.41. The number of hydrogen-bond acceptors (Lipinski definition) is 3. The predicted octanol–water partition coefficient (Wildman–Crippen LogP) is 0.439. The van der Waals surface area contributed by atoms with Crippen molar-refractivity contribution in [3.05, 3.63) is 0 Å². The predicted molar refractivity (Wildman–Crippen MR) is 68.3 cm³/mol. The Morgan fingerprint density at radius 3 is 2.47 bits per heavy atom. The maximum Gasteiger partial charge on any atom is 0.166 e. The Morgan fingerprint density at radius 2 is 1.87 bits per heavy atom. The lowest BCUT2D eigenvalue weighted by Crippen LogP contribution is -2.37. The number of nitrogens with zero attached hydrogens (tertiary/aromatic N) is 1. The largest absolute Gasteiger partial charge is 0.378 e. The third kappa shape index (κ3) is 11.5. The van der Waals surface area contributed by atoms with Crippen molar-refractivity contribution in [3.63, 3.8) is 0 Å². The topological polar surface area (TPSA) is 36.5 Å². The van der Waals surface area contributed by atoms with Crippen molar-refractivity contribution in [1.29, 1.82) is 0 Å². The van der Waals surface area contributed by atoms with Crippen LogP contribution in [0.5, 0.6) is 0 Å². The van der Waals surface area contributed by atoms with Crippen LogP contribution in [0.25, 0.3) is 0 Å². The molecule has 0 aromatic carbocycles. The monoisotopic (exact) mass is 233 g/mol. The fraction of sp³-hybridized carbons (Fsp3) is 0.900. The number of likely N-dealkylation sites (N-methyl/N-ethyl adjacent to an activating group) is 1. The van der Waals surface area contributed by atoms with Gasteiger partial charge in [0, 0.05) is 19.6 Å². The van der Waals surface area contributed by atoms with E-state index in [9.17, 15) is 0 Å². The smallest absolute Gasteiger partial charge is 0.166 e. The van der Waals surface area contributed by atoms with Gasteiger partial charge in [0.25, 0.3) is 0 Å². The van der Waals surface area contributed by atoms with E-state index in [1.807, 2.05) is 14.1 Å². The molecule has 0 aliphatic rings. The third-order valence-corrected chi connectivity index (χ3v) is 2.04. The highest BCUT2D eigenvalue weighted by Crippen LogP contribution is 1.78. The molecule has 0 fully saturated rings. The highest BCUT2D eigenvalue weighted by atomic mass is 32.1. The fourth-order valence-electron chi connectivity index (χ4n) is 0.887. The Kier molecular flexibility index (Phi) is 9.88. The molecule has 0 atom stereocenters. The van der Waals surface area contributed by atoms with Gasteiger partial charge in [-0.25, -0.2) is 0 Å². The average molecular weight is 233 g/mol. The van der Waals surface area contributed by atoms with Crippen molar-refractivity contribution >= 4 is 17.3 Å². The zero-order valence-corrected chi connectivity index (χ0v) is 10.8. The molecule has 0 aromatic rings. The van der Waals surface area contributed by atoms with Crippen molar-refractivity contribution < 1.29 is 4.74 Å². The van der Waals surface area contributed by atoms with Gasteiger partial charge in [0.2, 0.25) is 0 Å². The van der Waals surface area contributed by atoms with Gasteiger partial charge in [-0.1, -0.05) is 6.92 Å². The van der Waals surface area contributed by atoms with Crippen LogP contribution in [-0.4, -0.2) is 57.0 Å². The molecule has 0 amide bonds. The Labute approximate surface area is 98.4 Å². The highest BCUT2D eigenvalue weighted by molar-refractivity contribution is 7.80. The van der Waals surface area contributed by atoms with Crippen LogP contribution in [0.4, 0.5) is 0 Å². The van der Waals surface area contributed by atoms with Crippen LogP contribution in [0.15, 0.2) is 0 Å². The average Bonchev–Trinajstić information content (AvgIpc) is 2.19. The molecule has 4 nitrogen and oxygen atoms in total. The molecule has 0 aliphatic heterocycles. The molecule has 0 aliphatic carbocycles. The molecule has 0 saturated heterocycles. The fourth-order valence-corrected chi connectivity index (χ4v) is 1.09. The van der Waals surface area contributed by atoms with Gasteiger partial charge >= 0.3 is 0 Å². The summed E-state index contributed by atoms with van der Waals surface area (Å²) < 4.78 is 5.41. The Bertz CT molecular complexity index is 165. The molecule has 0 unspecified atom stereocenters. The van der Waals surface area contributed by atoms with E-state index in [4.69, 9.17) is 17.0 Å². The Morgan fingerprint density at radius 1 is 1.20 bits per heavy atom. The maximum atomic E-state index is 5.41. The summed E-state index contributed by atoms with van der Waals surface area (Å²) in [5.41, 5.74) is 0. The SMILES string of the molecule is CCCNC(=S)NCCOCCN(C)C. The van der Waals surface area contributed by atoms with E-state index in [0.29, 0.717) is 11.7 Å². The van der Waals surface area contributed by atoms with Crippen LogP contribution in [-0.2, 0) is 4.74 Å². The molecular formula is C10H23N3OS. The molecule has 0 saturated carbocycles. The van der Waals surface area contributed by atoms with E-state index in [-0.39, 0.29) is 0 Å². The summed E-state index contributed by atoms with van der Waals surface area (Å²) >= 11 is 5.05. The number of thiocarbonyl (C=S) groups is 1. The first-order valence-corrected chi connectivity index (χ1v) is 5.81. The van der Waals surface area contributed by atoms with Gasteiger partial charge < -0.3 is 20.3 Å². The first kappa shape index (κ1) is 14.6. The molecule has 0 heterocycles. The molecule has 0 bridgehead atoms. The van der Waals surface area contributed by atoms with Crippen LogP contribution in [0.2, 0.25) is 0 Å². The second-order valence-corrected chi connectivity index (χ2v) is 4.01. The third-order valence-electron chi connectivity index (χ3n) is 1.75. The normalized spacial score (nSPS) is 10.4. The van der Waals surface area contributed by atoms with Crippen LogP contribution in [0, 0.1) is 0 Å². The molecule has 0 spiro atoms. The minimum Gasteiger partial charge on any atom is -0.378 e. The summed E-state index contributed by atoms with van der Waals surface area (Å²) in [5.74, 6) is 0. The number of rotatable bonds is 8. The summed E-state index contributed by atoms with van der Waals surface area (Å²) in [5, 5.41) is 6.90. The van der Waals surface area contributed by atoms with Crippen LogP contribution >= 0.6 is 12.2 Å². The standard InChI is InChI=1S/C10H23N3OS/c1-4-5-11-10(15)12-6-8-14-9-7-13(2)3/h4-9H2,1-3H3,(H2,11,12,15). The van der Waals surface area contributed by atoms with E-state index in [1.54, 1.807) is 0 Å². The zero-order valence-electron chi connectivity index (χ0n) is 10.0. The minimum absolute atomic E-state index is 0.696. The van der Waals surface area contributed by atoms with Crippen molar-refractivity contribution in [3.8, 4) is 0 Å². The van der Waals surface area contributed by atoms with Gasteiger partial charge in [-0.2, -0.15) is 0 Å². The number of hydrogen-bond donors (Lipinski definition) is 2.